The van der Waals surface area contributed by atoms with Gasteiger partial charge in [0.15, 0.2) is 10.5 Å². The summed E-state index contributed by atoms with van der Waals surface area (Å²) in [7, 11) is -8.50. The van der Waals surface area contributed by atoms with Crippen LogP contribution in [0.5, 0.6) is 11.5 Å². The molecule has 11 nitrogen and oxygen atoms in total. The predicted octanol–water partition coefficient (Wildman–Crippen LogP) is 4.09. The zero-order valence-electron chi connectivity index (χ0n) is 17.3. The van der Waals surface area contributed by atoms with Gasteiger partial charge in [-0.05, 0) is 85.1 Å². The summed E-state index contributed by atoms with van der Waals surface area (Å²) < 4.78 is 64.3. The van der Waals surface area contributed by atoms with Crippen molar-refractivity contribution in [2.45, 2.75) is 9.79 Å². The standard InChI is InChI=1S/C20H14N4O7S4/c25-34(26,27)13-6-8-18-17(9-13)23-20(33)24(18)30-11-1-3-12(4-2-11)31-35(28,29)14-5-7-15-16(10-14)22-19(32)21-15/h1-10H,(H,23,33)(H2,21,22,32)(H,25,26,27). The van der Waals surface area contributed by atoms with Gasteiger partial charge in [-0.15, -0.1) is 4.73 Å². The molecule has 4 N–H and O–H groups in total. The Morgan fingerprint density at radius 3 is 2.09 bits per heavy atom. The zero-order chi connectivity index (χ0) is 25.0. The Balaban J connectivity index is 1.38. The maximum atomic E-state index is 12.7. The third-order valence-corrected chi connectivity index (χ3v) is 7.48. The van der Waals surface area contributed by atoms with Crippen molar-refractivity contribution in [2.75, 3.05) is 0 Å². The van der Waals surface area contributed by atoms with E-state index in [1.807, 2.05) is 0 Å². The predicted molar refractivity (Wildman–Crippen MR) is 131 cm³/mol. The molecule has 0 radical (unpaired) electrons. The first-order chi connectivity index (χ1) is 16.5. The molecule has 0 fully saturated rings. The van der Waals surface area contributed by atoms with Crippen LogP contribution in [0.1, 0.15) is 0 Å². The summed E-state index contributed by atoms with van der Waals surface area (Å²) in [6, 6.07) is 14.0. The molecule has 15 heteroatoms. The smallest absolute Gasteiger partial charge is 0.339 e. The van der Waals surface area contributed by atoms with Crippen molar-refractivity contribution in [3.63, 3.8) is 0 Å². The van der Waals surface area contributed by atoms with E-state index in [0.717, 1.165) is 0 Å². The molecule has 0 aliphatic rings. The lowest BCUT2D eigenvalue weighted by Gasteiger charge is -2.09. The summed E-state index contributed by atoms with van der Waals surface area (Å²) in [5, 5.41) is 0. The number of fused-ring (bicyclic) bond motifs is 2. The average molecular weight is 551 g/mol. The summed E-state index contributed by atoms with van der Waals surface area (Å²) in [5.41, 5.74) is 1.95. The number of benzene rings is 3. The van der Waals surface area contributed by atoms with Crippen LogP contribution in [0, 0.1) is 9.54 Å². The second-order valence-corrected chi connectivity index (χ2v) is 11.0. The highest BCUT2D eigenvalue weighted by Gasteiger charge is 2.18. The third kappa shape index (κ3) is 4.59. The number of aromatic amines is 3. The topological polar surface area (TPSA) is 159 Å². The quantitative estimate of drug-likeness (QED) is 0.139. The highest BCUT2D eigenvalue weighted by atomic mass is 32.2. The second kappa shape index (κ2) is 8.31. The molecule has 0 saturated heterocycles. The van der Waals surface area contributed by atoms with Crippen molar-refractivity contribution in [3.8, 4) is 11.5 Å². The van der Waals surface area contributed by atoms with Crippen molar-refractivity contribution in [2.24, 2.45) is 0 Å². The fourth-order valence-electron chi connectivity index (χ4n) is 3.32. The maximum Gasteiger partial charge on any atom is 0.339 e. The molecule has 0 saturated carbocycles. The van der Waals surface area contributed by atoms with E-state index in [0.29, 0.717) is 32.6 Å². The van der Waals surface area contributed by atoms with Crippen LogP contribution >= 0.6 is 24.4 Å². The molecule has 3 aromatic carbocycles. The highest BCUT2D eigenvalue weighted by molar-refractivity contribution is 7.87. The SMILES string of the molecule is O=S(=O)(O)c1ccc2c(c1)[nH]c(=S)n2Oc1ccc(OS(=O)(=O)c2ccc3[nH]c(=S)[nH]c3c2)cc1. The van der Waals surface area contributed by atoms with E-state index in [1.165, 1.54) is 59.3 Å². The van der Waals surface area contributed by atoms with Gasteiger partial charge in [-0.1, -0.05) is 0 Å². The Labute approximate surface area is 207 Å². The minimum Gasteiger partial charge on any atom is -0.379 e. The van der Waals surface area contributed by atoms with Gasteiger partial charge >= 0.3 is 10.1 Å². The Morgan fingerprint density at radius 1 is 0.743 bits per heavy atom. The molecule has 2 aromatic heterocycles. The van der Waals surface area contributed by atoms with E-state index < -0.39 is 20.2 Å². The van der Waals surface area contributed by atoms with Crippen LogP contribution in [0.15, 0.2) is 70.5 Å². The Kier molecular flexibility index (Phi) is 5.52. The Morgan fingerprint density at radius 2 is 1.37 bits per heavy atom. The third-order valence-electron chi connectivity index (χ3n) is 4.91. The van der Waals surface area contributed by atoms with Crippen molar-refractivity contribution in [1.29, 1.82) is 0 Å². The molecule has 35 heavy (non-hydrogen) atoms. The van der Waals surface area contributed by atoms with Crippen LogP contribution in [0.25, 0.3) is 22.1 Å². The molecule has 0 spiro atoms. The number of rotatable bonds is 6. The van der Waals surface area contributed by atoms with Gasteiger partial charge in [0.05, 0.1) is 21.4 Å². The summed E-state index contributed by atoms with van der Waals surface area (Å²) in [6.45, 7) is 0. The lowest BCUT2D eigenvalue weighted by molar-refractivity contribution is 0.223. The van der Waals surface area contributed by atoms with Gasteiger partial charge in [0.25, 0.3) is 10.1 Å². The molecule has 0 unspecified atom stereocenters. The van der Waals surface area contributed by atoms with Gasteiger partial charge in [0.2, 0.25) is 4.77 Å². The molecule has 5 aromatic rings. The highest BCUT2D eigenvalue weighted by Crippen LogP contribution is 2.25. The molecular weight excluding hydrogens is 537 g/mol. The maximum absolute atomic E-state index is 12.7. The lowest BCUT2D eigenvalue weighted by atomic mass is 10.3. The van der Waals surface area contributed by atoms with Crippen molar-refractivity contribution < 1.29 is 30.4 Å². The number of nitrogens with one attached hydrogen (secondary N) is 3. The first kappa shape index (κ1) is 23.3. The summed E-state index contributed by atoms with van der Waals surface area (Å²) >= 11 is 10.2. The Hall–Kier alpha value is -3.50. The van der Waals surface area contributed by atoms with E-state index in [1.54, 1.807) is 6.07 Å². The molecule has 180 valence electrons. The fraction of sp³-hybridized carbons (Fsp3) is 0. The number of aromatic nitrogens is 4. The first-order valence-electron chi connectivity index (χ1n) is 9.67. The van der Waals surface area contributed by atoms with Crippen LogP contribution in [-0.2, 0) is 20.2 Å². The van der Waals surface area contributed by atoms with E-state index in [-0.39, 0.29) is 20.3 Å². The van der Waals surface area contributed by atoms with Crippen molar-refractivity contribution in [1.82, 2.24) is 19.7 Å². The van der Waals surface area contributed by atoms with Crippen molar-refractivity contribution in [3.05, 3.63) is 70.2 Å². The number of imidazole rings is 2. The second-order valence-electron chi connectivity index (χ2n) is 7.27. The molecule has 0 atom stereocenters. The molecule has 5 rings (SSSR count). The van der Waals surface area contributed by atoms with Crippen molar-refractivity contribution >= 4 is 66.7 Å². The summed E-state index contributed by atoms with van der Waals surface area (Å²) in [6.07, 6.45) is 0. The van der Waals surface area contributed by atoms with E-state index in [9.17, 15) is 21.4 Å². The number of hydrogen-bond donors (Lipinski definition) is 4. The van der Waals surface area contributed by atoms with Gasteiger partial charge in [0, 0.05) is 0 Å². The van der Waals surface area contributed by atoms with Crippen LogP contribution in [0.3, 0.4) is 0 Å². The molecule has 2 heterocycles. The molecule has 0 aliphatic heterocycles. The van der Waals surface area contributed by atoms with E-state index >= 15 is 0 Å². The number of hydrogen-bond acceptors (Lipinski definition) is 8. The minimum atomic E-state index is -4.38. The van der Waals surface area contributed by atoms with E-state index in [2.05, 4.69) is 15.0 Å². The molecular formula is C20H14N4O7S4. The van der Waals surface area contributed by atoms with Gasteiger partial charge in [-0.2, -0.15) is 16.8 Å². The lowest BCUT2D eigenvalue weighted by Crippen LogP contribution is -2.10. The number of H-pyrrole nitrogens is 3. The first-order valence-corrected chi connectivity index (χ1v) is 13.3. The fourth-order valence-corrected chi connectivity index (χ4v) is 5.25. The van der Waals surface area contributed by atoms with Crippen LogP contribution in [-0.4, -0.2) is 41.1 Å². The van der Waals surface area contributed by atoms with Gasteiger partial charge in [-0.3, -0.25) is 4.55 Å². The normalized spacial score (nSPS) is 12.3. The minimum absolute atomic E-state index is 0.0510. The largest absolute Gasteiger partial charge is 0.379 e. The van der Waals surface area contributed by atoms with Gasteiger partial charge in [0.1, 0.15) is 16.2 Å². The number of nitrogens with zero attached hydrogens (tertiary/aromatic N) is 1. The van der Waals surface area contributed by atoms with Gasteiger partial charge in [-0.25, -0.2) is 0 Å². The van der Waals surface area contributed by atoms with Crippen LogP contribution in [0.2, 0.25) is 0 Å². The zero-order valence-corrected chi connectivity index (χ0v) is 20.5. The monoisotopic (exact) mass is 550 g/mol. The van der Waals surface area contributed by atoms with Crippen LogP contribution in [0.4, 0.5) is 0 Å². The van der Waals surface area contributed by atoms with Crippen LogP contribution < -0.4 is 9.02 Å². The average Bonchev–Trinajstić information content (AvgIpc) is 3.31. The van der Waals surface area contributed by atoms with E-state index in [4.69, 9.17) is 33.5 Å². The summed E-state index contributed by atoms with van der Waals surface area (Å²) in [5.74, 6) is 0.353. The molecule has 0 amide bonds. The van der Waals surface area contributed by atoms with Gasteiger partial charge < -0.3 is 24.0 Å². The Bertz CT molecular complexity index is 1930. The summed E-state index contributed by atoms with van der Waals surface area (Å²) in [4.78, 5) is 14.0. The molecule has 0 aliphatic carbocycles. The molecule has 0 bridgehead atoms.